The number of carbonyl (C=O) groups is 1. The molecule has 3 heterocycles. The second-order valence-electron chi connectivity index (χ2n) is 11.2. The van der Waals surface area contributed by atoms with Crippen LogP contribution in [-0.4, -0.2) is 58.5 Å². The average molecular weight is 535 g/mol. The summed E-state index contributed by atoms with van der Waals surface area (Å²) in [5.41, 5.74) is 6.83. The predicted molar refractivity (Wildman–Crippen MR) is 158 cm³/mol. The van der Waals surface area contributed by atoms with Crippen LogP contribution in [0, 0.1) is 13.8 Å². The molecule has 6 rings (SSSR count). The number of piperazine rings is 1. The Hall–Kier alpha value is -3.90. The molecule has 6 heteroatoms. The van der Waals surface area contributed by atoms with E-state index in [0.29, 0.717) is 24.7 Å². The first-order valence-corrected chi connectivity index (χ1v) is 14.4. The zero-order valence-electron chi connectivity index (χ0n) is 23.7. The topological polar surface area (TPSA) is 50.6 Å². The van der Waals surface area contributed by atoms with Gasteiger partial charge in [-0.2, -0.15) is 0 Å². The number of hydrogen-bond acceptors (Lipinski definition) is 4. The Labute approximate surface area is 237 Å². The molecular weight excluding hydrogens is 496 g/mol. The van der Waals surface area contributed by atoms with E-state index in [2.05, 4.69) is 96.1 Å². The third-order valence-corrected chi connectivity index (χ3v) is 8.57. The number of methoxy groups -OCH3 is 1. The number of hydrogen-bond donors (Lipinski definition) is 0. The Morgan fingerprint density at radius 3 is 2.08 bits per heavy atom. The maximum atomic E-state index is 13.6. The molecule has 0 bridgehead atoms. The summed E-state index contributed by atoms with van der Waals surface area (Å²) in [6.07, 6.45) is 3.90. The van der Waals surface area contributed by atoms with Crippen molar-refractivity contribution in [3.05, 3.63) is 118 Å². The van der Waals surface area contributed by atoms with E-state index in [4.69, 9.17) is 9.72 Å². The molecule has 1 saturated heterocycles. The molecule has 1 atom stereocenters. The molecule has 1 aromatic heterocycles. The SMILES string of the molecule is COc1c(C)cc(C2CCc3nc(C(=O)N4CCN(C(c5ccccc5)c5ccccc5)CC4)cn3C2)cc1C. The second kappa shape index (κ2) is 11.3. The number of rotatable bonds is 6. The standard InChI is InChI=1S/C34H38N4O2/c1-24-20-29(21-25(2)33(24)40-3)28-14-15-31-35-30(23-38(31)22-28)34(39)37-18-16-36(17-19-37)32(26-10-6-4-7-11-26)27-12-8-5-9-13-27/h4-13,20-21,23,28,32H,14-19,22H2,1-3H3. The van der Waals surface area contributed by atoms with Crippen LogP contribution in [0.2, 0.25) is 0 Å². The van der Waals surface area contributed by atoms with Crippen molar-refractivity contribution in [3.63, 3.8) is 0 Å². The van der Waals surface area contributed by atoms with Gasteiger partial charge in [-0.1, -0.05) is 72.8 Å². The van der Waals surface area contributed by atoms with E-state index in [0.717, 1.165) is 44.0 Å². The molecule has 0 saturated carbocycles. The minimum absolute atomic E-state index is 0.0465. The van der Waals surface area contributed by atoms with Crippen LogP contribution in [0.3, 0.4) is 0 Å². The number of benzene rings is 3. The van der Waals surface area contributed by atoms with E-state index >= 15 is 0 Å². The molecule has 1 fully saturated rings. The van der Waals surface area contributed by atoms with Gasteiger partial charge in [-0.05, 0) is 48.1 Å². The van der Waals surface area contributed by atoms with Gasteiger partial charge < -0.3 is 14.2 Å². The largest absolute Gasteiger partial charge is 0.496 e. The number of aromatic nitrogens is 2. The third kappa shape index (κ3) is 5.16. The maximum Gasteiger partial charge on any atom is 0.274 e. The molecule has 2 aliphatic rings. The molecule has 0 aliphatic carbocycles. The summed E-state index contributed by atoms with van der Waals surface area (Å²) in [6, 6.07) is 26.0. The van der Waals surface area contributed by atoms with Crippen molar-refractivity contribution >= 4 is 5.91 Å². The minimum atomic E-state index is 0.0465. The highest BCUT2D eigenvalue weighted by atomic mass is 16.5. The zero-order chi connectivity index (χ0) is 27.6. The highest BCUT2D eigenvalue weighted by Crippen LogP contribution is 2.34. The fourth-order valence-electron chi connectivity index (χ4n) is 6.59. The Morgan fingerprint density at radius 1 is 0.900 bits per heavy atom. The van der Waals surface area contributed by atoms with Gasteiger partial charge in [0.05, 0.1) is 13.2 Å². The number of fused-ring (bicyclic) bond motifs is 1. The van der Waals surface area contributed by atoms with E-state index in [-0.39, 0.29) is 11.9 Å². The highest BCUT2D eigenvalue weighted by molar-refractivity contribution is 5.92. The molecule has 6 nitrogen and oxygen atoms in total. The van der Waals surface area contributed by atoms with Crippen LogP contribution in [0.1, 0.15) is 62.5 Å². The quantitative estimate of drug-likeness (QED) is 0.314. The van der Waals surface area contributed by atoms with Crippen LogP contribution in [-0.2, 0) is 13.0 Å². The van der Waals surface area contributed by atoms with Gasteiger partial charge in [-0.25, -0.2) is 4.98 Å². The number of carbonyl (C=O) groups excluding carboxylic acids is 1. The number of nitrogens with zero attached hydrogens (tertiary/aromatic N) is 4. The first-order valence-electron chi connectivity index (χ1n) is 14.4. The Kier molecular flexibility index (Phi) is 7.44. The third-order valence-electron chi connectivity index (χ3n) is 8.57. The van der Waals surface area contributed by atoms with Gasteiger partial charge >= 0.3 is 0 Å². The van der Waals surface area contributed by atoms with Crippen molar-refractivity contribution < 1.29 is 9.53 Å². The molecule has 206 valence electrons. The summed E-state index contributed by atoms with van der Waals surface area (Å²) < 4.78 is 7.77. The lowest BCUT2D eigenvalue weighted by Gasteiger charge is -2.39. The smallest absolute Gasteiger partial charge is 0.274 e. The van der Waals surface area contributed by atoms with Crippen molar-refractivity contribution in [2.45, 2.75) is 45.2 Å². The molecule has 3 aromatic carbocycles. The fraction of sp³-hybridized carbons (Fsp3) is 0.353. The Morgan fingerprint density at radius 2 is 1.50 bits per heavy atom. The van der Waals surface area contributed by atoms with Gasteiger partial charge in [0.1, 0.15) is 17.3 Å². The number of aryl methyl sites for hydroxylation is 3. The van der Waals surface area contributed by atoms with Crippen LogP contribution in [0.4, 0.5) is 0 Å². The summed E-state index contributed by atoms with van der Waals surface area (Å²) in [5.74, 6) is 2.44. The molecule has 1 unspecified atom stereocenters. The van der Waals surface area contributed by atoms with Crippen LogP contribution < -0.4 is 4.74 Å². The summed E-state index contributed by atoms with van der Waals surface area (Å²) >= 11 is 0. The van der Waals surface area contributed by atoms with Crippen molar-refractivity contribution in [2.75, 3.05) is 33.3 Å². The predicted octanol–water partition coefficient (Wildman–Crippen LogP) is 5.79. The first kappa shape index (κ1) is 26.3. The summed E-state index contributed by atoms with van der Waals surface area (Å²) in [6.45, 7) is 8.12. The summed E-state index contributed by atoms with van der Waals surface area (Å²) in [4.78, 5) is 22.8. The van der Waals surface area contributed by atoms with Gasteiger partial charge in [-0.3, -0.25) is 9.69 Å². The molecule has 0 spiro atoms. The lowest BCUT2D eigenvalue weighted by molar-refractivity contribution is 0.0592. The lowest BCUT2D eigenvalue weighted by Crippen LogP contribution is -2.50. The Bertz CT molecular complexity index is 1410. The van der Waals surface area contributed by atoms with Gasteiger partial charge in [0, 0.05) is 51.3 Å². The molecule has 1 amide bonds. The van der Waals surface area contributed by atoms with Gasteiger partial charge in [-0.15, -0.1) is 0 Å². The van der Waals surface area contributed by atoms with Crippen molar-refractivity contribution in [1.82, 2.24) is 19.4 Å². The summed E-state index contributed by atoms with van der Waals surface area (Å²) in [5, 5.41) is 0. The monoisotopic (exact) mass is 534 g/mol. The number of ether oxygens (including phenoxy) is 1. The summed E-state index contributed by atoms with van der Waals surface area (Å²) in [7, 11) is 1.73. The molecular formula is C34H38N4O2. The van der Waals surface area contributed by atoms with E-state index in [9.17, 15) is 4.79 Å². The van der Waals surface area contributed by atoms with E-state index < -0.39 is 0 Å². The van der Waals surface area contributed by atoms with Crippen molar-refractivity contribution in [1.29, 1.82) is 0 Å². The molecule has 0 N–H and O–H groups in total. The number of amides is 1. The molecule has 2 aliphatic heterocycles. The lowest BCUT2D eigenvalue weighted by atomic mass is 9.89. The van der Waals surface area contributed by atoms with Crippen molar-refractivity contribution in [2.24, 2.45) is 0 Å². The molecule has 0 radical (unpaired) electrons. The van der Waals surface area contributed by atoms with Crippen LogP contribution in [0.15, 0.2) is 79.0 Å². The minimum Gasteiger partial charge on any atom is -0.496 e. The van der Waals surface area contributed by atoms with Gasteiger partial charge in [0.2, 0.25) is 0 Å². The van der Waals surface area contributed by atoms with Crippen LogP contribution >= 0.6 is 0 Å². The average Bonchev–Trinajstić information content (AvgIpc) is 3.42. The van der Waals surface area contributed by atoms with E-state index in [1.54, 1.807) is 7.11 Å². The fourth-order valence-corrected chi connectivity index (χ4v) is 6.59. The van der Waals surface area contributed by atoms with Crippen LogP contribution in [0.5, 0.6) is 5.75 Å². The Balaban J connectivity index is 1.14. The highest BCUT2D eigenvalue weighted by Gasteiger charge is 2.31. The number of imidazole rings is 1. The first-order chi connectivity index (χ1) is 19.5. The maximum absolute atomic E-state index is 13.6. The second-order valence-corrected chi connectivity index (χ2v) is 11.2. The molecule has 40 heavy (non-hydrogen) atoms. The van der Waals surface area contributed by atoms with Gasteiger partial charge in [0.25, 0.3) is 5.91 Å². The normalized spacial score (nSPS) is 17.6. The molecule has 4 aromatic rings. The van der Waals surface area contributed by atoms with Crippen LogP contribution in [0.25, 0.3) is 0 Å². The van der Waals surface area contributed by atoms with E-state index in [1.165, 1.54) is 27.8 Å². The van der Waals surface area contributed by atoms with E-state index in [1.807, 2.05) is 11.1 Å². The van der Waals surface area contributed by atoms with Crippen molar-refractivity contribution in [3.8, 4) is 5.75 Å². The zero-order valence-corrected chi connectivity index (χ0v) is 23.7. The van der Waals surface area contributed by atoms with Gasteiger partial charge in [0.15, 0.2) is 0 Å².